The molecule has 1 aliphatic heterocycles. The van der Waals surface area contributed by atoms with E-state index in [1.165, 1.54) is 31.5 Å². The van der Waals surface area contributed by atoms with Gasteiger partial charge in [0.15, 0.2) is 5.78 Å². The summed E-state index contributed by atoms with van der Waals surface area (Å²) in [6, 6.07) is 15.6. The average molecular weight is 400 g/mol. The molecule has 1 atom stereocenters. The number of nitrogens with zero attached hydrogens (tertiary/aromatic N) is 1. The van der Waals surface area contributed by atoms with Gasteiger partial charge in [-0.15, -0.1) is 0 Å². The van der Waals surface area contributed by atoms with E-state index in [9.17, 15) is 4.79 Å². The minimum atomic E-state index is 0.0763. The number of carbonyl (C=O) groups excluding carboxylic acids is 1. The van der Waals surface area contributed by atoms with Gasteiger partial charge in [-0.25, -0.2) is 0 Å². The Hall–Kier alpha value is -2.17. The third-order valence-corrected chi connectivity index (χ3v) is 5.64. The molecular formula is C23H28ClN2O2+. The van der Waals surface area contributed by atoms with Crippen molar-refractivity contribution in [2.24, 2.45) is 4.99 Å². The summed E-state index contributed by atoms with van der Waals surface area (Å²) in [6.07, 6.45) is 2.87. The lowest BCUT2D eigenvalue weighted by atomic mass is 10.0. The summed E-state index contributed by atoms with van der Waals surface area (Å²) in [7, 11) is 1.68. The fraction of sp³-hybridized carbons (Fsp3) is 0.391. The maximum Gasteiger partial charge on any atom is 0.168 e. The minimum Gasteiger partial charge on any atom is -0.497 e. The first-order valence-corrected chi connectivity index (χ1v) is 10.2. The predicted octanol–water partition coefficient (Wildman–Crippen LogP) is 3.80. The third-order valence-electron chi connectivity index (χ3n) is 5.38. The Kier molecular flexibility index (Phi) is 7.24. The SMILES string of the molecule is COc1ccc([C@@H](CN=C(C)CC(=O)c2ccc(Cl)cc2)[NH+]2CCCC2)cc1. The number of nitrogens with one attached hydrogen (secondary N) is 1. The molecule has 4 nitrogen and oxygen atoms in total. The Morgan fingerprint density at radius 3 is 2.36 bits per heavy atom. The summed E-state index contributed by atoms with van der Waals surface area (Å²) in [5, 5.41) is 0.637. The Labute approximate surface area is 172 Å². The summed E-state index contributed by atoms with van der Waals surface area (Å²) < 4.78 is 5.29. The van der Waals surface area contributed by atoms with E-state index in [-0.39, 0.29) is 5.78 Å². The van der Waals surface area contributed by atoms with E-state index >= 15 is 0 Å². The first-order chi connectivity index (χ1) is 13.6. The normalized spacial score (nSPS) is 16.2. The second-order valence-corrected chi connectivity index (χ2v) is 7.81. The number of ether oxygens (including phenoxy) is 1. The van der Waals surface area contributed by atoms with Crippen LogP contribution in [0.15, 0.2) is 53.5 Å². The number of carbonyl (C=O) groups is 1. The van der Waals surface area contributed by atoms with Crippen molar-refractivity contribution in [3.05, 3.63) is 64.7 Å². The van der Waals surface area contributed by atoms with Crippen LogP contribution < -0.4 is 9.64 Å². The average Bonchev–Trinajstić information content (AvgIpc) is 3.23. The predicted molar refractivity (Wildman–Crippen MR) is 114 cm³/mol. The van der Waals surface area contributed by atoms with Gasteiger partial charge in [0.1, 0.15) is 11.8 Å². The Morgan fingerprint density at radius 2 is 1.75 bits per heavy atom. The molecule has 1 N–H and O–H groups in total. The molecule has 0 saturated carbocycles. The number of aliphatic imine (C=N–C) groups is 1. The fourth-order valence-corrected chi connectivity index (χ4v) is 3.88. The minimum absolute atomic E-state index is 0.0763. The molecule has 0 bridgehead atoms. The second-order valence-electron chi connectivity index (χ2n) is 7.37. The molecule has 3 rings (SSSR count). The smallest absolute Gasteiger partial charge is 0.168 e. The number of hydrogen-bond donors (Lipinski definition) is 1. The molecule has 0 unspecified atom stereocenters. The maximum atomic E-state index is 12.5. The molecule has 1 saturated heterocycles. The van der Waals surface area contributed by atoms with Crippen LogP contribution in [0, 0.1) is 0 Å². The summed E-state index contributed by atoms with van der Waals surface area (Å²) in [5.74, 6) is 0.944. The molecular weight excluding hydrogens is 372 g/mol. The molecule has 0 spiro atoms. The van der Waals surface area contributed by atoms with Crippen LogP contribution >= 0.6 is 11.6 Å². The summed E-state index contributed by atoms with van der Waals surface area (Å²) in [6.45, 7) is 4.99. The van der Waals surface area contributed by atoms with E-state index in [1.54, 1.807) is 36.3 Å². The van der Waals surface area contributed by atoms with Crippen molar-refractivity contribution < 1.29 is 14.4 Å². The summed E-state index contributed by atoms with van der Waals surface area (Å²) in [5.41, 5.74) is 2.83. The molecule has 0 radical (unpaired) electrons. The summed E-state index contributed by atoms with van der Waals surface area (Å²) >= 11 is 5.90. The van der Waals surface area contributed by atoms with Crippen molar-refractivity contribution in [1.29, 1.82) is 0 Å². The monoisotopic (exact) mass is 399 g/mol. The number of likely N-dealkylation sites (tertiary alicyclic amines) is 1. The number of halogens is 1. The van der Waals surface area contributed by atoms with E-state index in [0.717, 1.165) is 11.5 Å². The van der Waals surface area contributed by atoms with Gasteiger partial charge in [-0.05, 0) is 55.5 Å². The van der Waals surface area contributed by atoms with Crippen LogP contribution in [0.3, 0.4) is 0 Å². The molecule has 2 aromatic rings. The fourth-order valence-electron chi connectivity index (χ4n) is 3.76. The van der Waals surface area contributed by atoms with E-state index in [4.69, 9.17) is 21.3 Å². The van der Waals surface area contributed by atoms with Crippen LogP contribution in [0.4, 0.5) is 0 Å². The van der Waals surface area contributed by atoms with E-state index < -0.39 is 0 Å². The van der Waals surface area contributed by atoms with Gasteiger partial charge in [-0.2, -0.15) is 0 Å². The first-order valence-electron chi connectivity index (χ1n) is 9.84. The zero-order valence-electron chi connectivity index (χ0n) is 16.6. The van der Waals surface area contributed by atoms with Gasteiger partial charge >= 0.3 is 0 Å². The van der Waals surface area contributed by atoms with E-state index in [1.807, 2.05) is 19.1 Å². The van der Waals surface area contributed by atoms with Crippen LogP contribution in [0.2, 0.25) is 5.02 Å². The lowest BCUT2D eigenvalue weighted by Crippen LogP contribution is -3.10. The zero-order chi connectivity index (χ0) is 19.9. The van der Waals surface area contributed by atoms with Crippen molar-refractivity contribution in [2.75, 3.05) is 26.7 Å². The van der Waals surface area contributed by atoms with E-state index in [0.29, 0.717) is 29.6 Å². The van der Waals surface area contributed by atoms with Crippen molar-refractivity contribution >= 4 is 23.1 Å². The first kappa shape index (κ1) is 20.6. The molecule has 1 heterocycles. The lowest BCUT2D eigenvalue weighted by Gasteiger charge is -2.24. The topological polar surface area (TPSA) is 43.1 Å². The largest absolute Gasteiger partial charge is 0.497 e. The molecule has 28 heavy (non-hydrogen) atoms. The Bertz CT molecular complexity index is 810. The van der Waals surface area contributed by atoms with Gasteiger partial charge in [-0.3, -0.25) is 9.79 Å². The van der Waals surface area contributed by atoms with Crippen LogP contribution in [-0.2, 0) is 0 Å². The summed E-state index contributed by atoms with van der Waals surface area (Å²) in [4.78, 5) is 18.8. The third kappa shape index (κ3) is 5.43. The number of ketones is 1. The van der Waals surface area contributed by atoms with Gasteiger partial charge in [0, 0.05) is 41.1 Å². The Balaban J connectivity index is 1.68. The van der Waals surface area contributed by atoms with Gasteiger partial charge < -0.3 is 9.64 Å². The zero-order valence-corrected chi connectivity index (χ0v) is 17.3. The highest BCUT2D eigenvalue weighted by atomic mass is 35.5. The van der Waals surface area contributed by atoms with Gasteiger partial charge in [0.25, 0.3) is 0 Å². The number of rotatable bonds is 8. The maximum absolute atomic E-state index is 12.5. The van der Waals surface area contributed by atoms with Gasteiger partial charge in [0.05, 0.1) is 26.7 Å². The number of Topliss-reactive ketones (excluding diaryl/α,β-unsaturated/α-hetero) is 1. The molecule has 148 valence electrons. The van der Waals surface area contributed by atoms with Gasteiger partial charge in [-0.1, -0.05) is 11.6 Å². The van der Waals surface area contributed by atoms with Crippen molar-refractivity contribution in [2.45, 2.75) is 32.2 Å². The molecule has 0 aliphatic carbocycles. The van der Waals surface area contributed by atoms with Crippen LogP contribution in [0.5, 0.6) is 5.75 Å². The quantitative estimate of drug-likeness (QED) is 0.542. The second kappa shape index (κ2) is 9.85. The number of benzene rings is 2. The standard InChI is InChI=1S/C23H27ClN2O2/c1-17(15-23(27)19-5-9-20(24)10-6-19)25-16-22(26-13-3-4-14-26)18-7-11-21(28-2)12-8-18/h5-12,22H,3-4,13-16H2,1-2H3/p+1/t22-/m1/s1. The molecule has 2 aromatic carbocycles. The van der Waals surface area contributed by atoms with E-state index in [2.05, 4.69) is 12.1 Å². The number of hydrogen-bond acceptors (Lipinski definition) is 3. The highest BCUT2D eigenvalue weighted by molar-refractivity contribution is 6.30. The van der Waals surface area contributed by atoms with Crippen LogP contribution in [0.25, 0.3) is 0 Å². The molecule has 0 aromatic heterocycles. The number of methoxy groups -OCH3 is 1. The molecule has 1 fully saturated rings. The Morgan fingerprint density at radius 1 is 1.11 bits per heavy atom. The lowest BCUT2D eigenvalue weighted by molar-refractivity contribution is -0.918. The van der Waals surface area contributed by atoms with Crippen molar-refractivity contribution in [1.82, 2.24) is 0 Å². The molecule has 5 heteroatoms. The highest BCUT2D eigenvalue weighted by Gasteiger charge is 2.27. The van der Waals surface area contributed by atoms with Crippen molar-refractivity contribution in [3.8, 4) is 5.75 Å². The van der Waals surface area contributed by atoms with Crippen LogP contribution in [-0.4, -0.2) is 38.2 Å². The molecule has 0 amide bonds. The highest BCUT2D eigenvalue weighted by Crippen LogP contribution is 2.18. The van der Waals surface area contributed by atoms with Crippen molar-refractivity contribution in [3.63, 3.8) is 0 Å². The number of quaternary nitrogens is 1. The van der Waals surface area contributed by atoms with Crippen LogP contribution in [0.1, 0.15) is 48.1 Å². The molecule has 1 aliphatic rings. The van der Waals surface area contributed by atoms with Gasteiger partial charge in [0.2, 0.25) is 0 Å².